The van der Waals surface area contributed by atoms with Gasteiger partial charge in [0.05, 0.1) is 0 Å². The topological polar surface area (TPSA) is 51.8 Å². The Hall–Kier alpha value is -1.26. The fourth-order valence-corrected chi connectivity index (χ4v) is 2.29. The van der Waals surface area contributed by atoms with Gasteiger partial charge in [0.15, 0.2) is 0 Å². The largest absolute Gasteiger partial charge is 0.324 e. The molecular weight excluding hydrogens is 230 g/mol. The summed E-state index contributed by atoms with van der Waals surface area (Å²) in [6.45, 7) is 7.08. The molecule has 0 fully saturated rings. The average molecular weight is 247 g/mol. The highest BCUT2D eigenvalue weighted by molar-refractivity contribution is 7.14. The molecule has 2 rings (SSSR count). The van der Waals surface area contributed by atoms with E-state index in [9.17, 15) is 0 Å². The number of hydrogen-bond acceptors (Lipinski definition) is 4. The lowest BCUT2D eigenvalue weighted by molar-refractivity contribution is 0.590. The summed E-state index contributed by atoms with van der Waals surface area (Å²) in [4.78, 5) is 0. The second-order valence-electron chi connectivity index (χ2n) is 5.03. The standard InChI is InChI=1S/C13H17N3S/c1-13(2,3)10-6-4-9(5-7-10)12-16-15-11(8-14)17-12/h4-7H,8,14H2,1-3H3. The van der Waals surface area contributed by atoms with Crippen LogP contribution in [-0.4, -0.2) is 10.2 Å². The van der Waals surface area contributed by atoms with Gasteiger partial charge in [-0.15, -0.1) is 10.2 Å². The first-order chi connectivity index (χ1) is 8.00. The van der Waals surface area contributed by atoms with Crippen molar-refractivity contribution in [3.63, 3.8) is 0 Å². The minimum absolute atomic E-state index is 0.183. The second kappa shape index (κ2) is 4.55. The number of benzene rings is 1. The van der Waals surface area contributed by atoms with Crippen molar-refractivity contribution in [1.29, 1.82) is 0 Å². The summed E-state index contributed by atoms with van der Waals surface area (Å²) in [6, 6.07) is 8.50. The zero-order valence-corrected chi connectivity index (χ0v) is 11.2. The van der Waals surface area contributed by atoms with Gasteiger partial charge in [0.2, 0.25) is 0 Å². The third-order valence-corrected chi connectivity index (χ3v) is 3.63. The van der Waals surface area contributed by atoms with Crippen LogP contribution in [0.1, 0.15) is 31.3 Å². The first kappa shape index (κ1) is 12.2. The summed E-state index contributed by atoms with van der Waals surface area (Å²) in [5, 5.41) is 9.97. The number of aromatic nitrogens is 2. The van der Waals surface area contributed by atoms with Gasteiger partial charge in [-0.3, -0.25) is 0 Å². The Bertz CT molecular complexity index is 494. The quantitative estimate of drug-likeness (QED) is 0.887. The molecule has 2 N–H and O–H groups in total. The minimum Gasteiger partial charge on any atom is -0.324 e. The maximum Gasteiger partial charge on any atom is 0.147 e. The van der Waals surface area contributed by atoms with Crippen LogP contribution in [0.4, 0.5) is 0 Å². The predicted octanol–water partition coefficient (Wildman–Crippen LogP) is 2.96. The molecule has 1 aromatic heterocycles. The van der Waals surface area contributed by atoms with Crippen molar-refractivity contribution in [2.75, 3.05) is 0 Å². The second-order valence-corrected chi connectivity index (χ2v) is 6.09. The van der Waals surface area contributed by atoms with Crippen molar-refractivity contribution in [3.05, 3.63) is 34.8 Å². The van der Waals surface area contributed by atoms with Gasteiger partial charge in [-0.2, -0.15) is 0 Å². The molecule has 0 aliphatic rings. The molecule has 0 atom stereocenters. The molecule has 4 heteroatoms. The minimum atomic E-state index is 0.183. The van der Waals surface area contributed by atoms with Gasteiger partial charge >= 0.3 is 0 Å². The van der Waals surface area contributed by atoms with Crippen LogP contribution in [0.2, 0.25) is 0 Å². The van der Waals surface area contributed by atoms with E-state index < -0.39 is 0 Å². The molecule has 1 aromatic carbocycles. The van der Waals surface area contributed by atoms with Crippen LogP contribution in [0.5, 0.6) is 0 Å². The zero-order valence-electron chi connectivity index (χ0n) is 10.4. The Kier molecular flexibility index (Phi) is 3.26. The normalized spacial score (nSPS) is 11.8. The fourth-order valence-electron chi connectivity index (χ4n) is 1.57. The molecule has 0 unspecified atom stereocenters. The van der Waals surface area contributed by atoms with Gasteiger partial charge in [-0.25, -0.2) is 0 Å². The lowest BCUT2D eigenvalue weighted by atomic mass is 9.87. The van der Waals surface area contributed by atoms with Gasteiger partial charge < -0.3 is 5.73 Å². The number of nitrogens with zero attached hydrogens (tertiary/aromatic N) is 2. The average Bonchev–Trinajstić information content (AvgIpc) is 2.76. The molecule has 0 saturated heterocycles. The highest BCUT2D eigenvalue weighted by atomic mass is 32.1. The van der Waals surface area contributed by atoms with Crippen LogP contribution in [0, 0.1) is 0 Å². The van der Waals surface area contributed by atoms with Crippen molar-refractivity contribution in [2.45, 2.75) is 32.7 Å². The Balaban J connectivity index is 2.29. The van der Waals surface area contributed by atoms with Gasteiger partial charge in [0.1, 0.15) is 10.0 Å². The summed E-state index contributed by atoms with van der Waals surface area (Å²) in [5.74, 6) is 0. The molecule has 1 heterocycles. The van der Waals surface area contributed by atoms with E-state index in [1.165, 1.54) is 5.56 Å². The Morgan fingerprint density at radius 2 is 1.76 bits per heavy atom. The zero-order chi connectivity index (χ0) is 12.5. The Morgan fingerprint density at radius 1 is 1.12 bits per heavy atom. The molecule has 17 heavy (non-hydrogen) atoms. The third kappa shape index (κ3) is 2.70. The fraction of sp³-hybridized carbons (Fsp3) is 0.385. The van der Waals surface area contributed by atoms with Gasteiger partial charge in [0.25, 0.3) is 0 Å². The summed E-state index contributed by atoms with van der Waals surface area (Å²) in [5.41, 5.74) is 8.14. The van der Waals surface area contributed by atoms with E-state index in [1.54, 1.807) is 11.3 Å². The van der Waals surface area contributed by atoms with E-state index in [0.717, 1.165) is 15.6 Å². The van der Waals surface area contributed by atoms with Gasteiger partial charge in [-0.1, -0.05) is 56.4 Å². The van der Waals surface area contributed by atoms with Crippen LogP contribution in [0.3, 0.4) is 0 Å². The van der Waals surface area contributed by atoms with E-state index >= 15 is 0 Å². The number of hydrogen-bond donors (Lipinski definition) is 1. The van der Waals surface area contributed by atoms with Crippen molar-refractivity contribution in [2.24, 2.45) is 5.73 Å². The van der Waals surface area contributed by atoms with E-state index in [0.29, 0.717) is 6.54 Å². The molecule has 0 aliphatic carbocycles. The smallest absolute Gasteiger partial charge is 0.147 e. The van der Waals surface area contributed by atoms with E-state index in [4.69, 9.17) is 5.73 Å². The molecule has 0 spiro atoms. The highest BCUT2D eigenvalue weighted by Gasteiger charge is 2.13. The molecular formula is C13H17N3S. The van der Waals surface area contributed by atoms with Crippen molar-refractivity contribution in [3.8, 4) is 10.6 Å². The molecule has 3 nitrogen and oxygen atoms in total. The summed E-state index contributed by atoms with van der Waals surface area (Å²) in [7, 11) is 0. The van der Waals surface area contributed by atoms with E-state index in [-0.39, 0.29) is 5.41 Å². The van der Waals surface area contributed by atoms with Crippen LogP contribution in [-0.2, 0) is 12.0 Å². The van der Waals surface area contributed by atoms with Crippen LogP contribution in [0.15, 0.2) is 24.3 Å². The SMILES string of the molecule is CC(C)(C)c1ccc(-c2nnc(CN)s2)cc1. The highest BCUT2D eigenvalue weighted by Crippen LogP contribution is 2.27. The van der Waals surface area contributed by atoms with Gasteiger partial charge in [-0.05, 0) is 11.0 Å². The summed E-state index contributed by atoms with van der Waals surface area (Å²) >= 11 is 1.55. The van der Waals surface area contributed by atoms with Crippen molar-refractivity contribution < 1.29 is 0 Å². The molecule has 2 aromatic rings. The lowest BCUT2D eigenvalue weighted by Crippen LogP contribution is -2.10. The monoisotopic (exact) mass is 247 g/mol. The molecule has 0 bridgehead atoms. The predicted molar refractivity (Wildman–Crippen MR) is 71.9 cm³/mol. The maximum atomic E-state index is 5.53. The van der Waals surface area contributed by atoms with Crippen molar-refractivity contribution >= 4 is 11.3 Å². The molecule has 0 aliphatic heterocycles. The number of rotatable bonds is 2. The van der Waals surface area contributed by atoms with Crippen LogP contribution < -0.4 is 5.73 Å². The number of nitrogens with two attached hydrogens (primary N) is 1. The third-order valence-electron chi connectivity index (χ3n) is 2.64. The molecule has 90 valence electrons. The van der Waals surface area contributed by atoms with Crippen LogP contribution >= 0.6 is 11.3 Å². The van der Waals surface area contributed by atoms with Crippen molar-refractivity contribution in [1.82, 2.24) is 10.2 Å². The van der Waals surface area contributed by atoms with E-state index in [1.807, 2.05) is 0 Å². The molecule has 0 amide bonds. The Labute approximate surface area is 106 Å². The molecule has 0 saturated carbocycles. The summed E-state index contributed by atoms with van der Waals surface area (Å²) in [6.07, 6.45) is 0. The van der Waals surface area contributed by atoms with Gasteiger partial charge in [0, 0.05) is 12.1 Å². The first-order valence-electron chi connectivity index (χ1n) is 5.64. The van der Waals surface area contributed by atoms with E-state index in [2.05, 4.69) is 55.2 Å². The summed E-state index contributed by atoms with van der Waals surface area (Å²) < 4.78 is 0. The Morgan fingerprint density at radius 3 is 2.24 bits per heavy atom. The van der Waals surface area contributed by atoms with Crippen LogP contribution in [0.25, 0.3) is 10.6 Å². The maximum absolute atomic E-state index is 5.53. The molecule has 0 radical (unpaired) electrons. The lowest BCUT2D eigenvalue weighted by Gasteiger charge is -2.18. The first-order valence-corrected chi connectivity index (χ1v) is 6.46.